The van der Waals surface area contributed by atoms with Crippen LogP contribution in [0.5, 0.6) is 0 Å². The molecule has 0 aliphatic rings. The van der Waals surface area contributed by atoms with E-state index in [1.807, 2.05) is 24.3 Å². The van der Waals surface area contributed by atoms with E-state index in [9.17, 15) is 9.90 Å². The Hall–Kier alpha value is -2.42. The third kappa shape index (κ3) is 2.78. The Morgan fingerprint density at radius 1 is 1.06 bits per heavy atom. The fourth-order valence-electron chi connectivity index (χ4n) is 1.50. The molecule has 3 nitrogen and oxygen atoms in total. The average molecular weight is 225 g/mol. The van der Waals surface area contributed by atoms with Crippen molar-refractivity contribution in [2.75, 3.05) is 0 Å². The van der Waals surface area contributed by atoms with Crippen molar-refractivity contribution in [3.05, 3.63) is 66.0 Å². The van der Waals surface area contributed by atoms with Crippen LogP contribution in [0.2, 0.25) is 0 Å². The summed E-state index contributed by atoms with van der Waals surface area (Å²) in [4.78, 5) is 15.3. The Morgan fingerprint density at radius 3 is 2.35 bits per heavy atom. The van der Waals surface area contributed by atoms with Gasteiger partial charge in [-0.25, -0.2) is 4.79 Å². The van der Waals surface area contributed by atoms with Crippen LogP contribution in [0.3, 0.4) is 0 Å². The van der Waals surface area contributed by atoms with Gasteiger partial charge in [-0.2, -0.15) is 0 Å². The van der Waals surface area contributed by atoms with Crippen LogP contribution < -0.4 is 0 Å². The molecule has 0 amide bonds. The Morgan fingerprint density at radius 2 is 1.76 bits per heavy atom. The molecule has 0 spiro atoms. The van der Waals surface area contributed by atoms with Gasteiger partial charge in [-0.3, -0.25) is 4.98 Å². The van der Waals surface area contributed by atoms with E-state index in [1.54, 1.807) is 36.5 Å². The summed E-state index contributed by atoms with van der Waals surface area (Å²) in [6.07, 6.45) is 3.20. The molecule has 0 fully saturated rings. The number of carbonyl (C=O) groups is 1. The van der Waals surface area contributed by atoms with Gasteiger partial charge in [0.2, 0.25) is 0 Å². The van der Waals surface area contributed by atoms with Gasteiger partial charge < -0.3 is 5.11 Å². The van der Waals surface area contributed by atoms with E-state index >= 15 is 0 Å². The second-order valence-electron chi connectivity index (χ2n) is 3.48. The number of carboxylic acid groups (broad SMARTS) is 1. The Labute approximate surface area is 99.1 Å². The van der Waals surface area contributed by atoms with Gasteiger partial charge in [0.1, 0.15) is 0 Å². The number of hydrogen-bond acceptors (Lipinski definition) is 2. The summed E-state index contributed by atoms with van der Waals surface area (Å²) in [6, 6.07) is 14.4. The minimum absolute atomic E-state index is 0.240. The number of nitrogens with zero attached hydrogens (tertiary/aromatic N) is 1. The number of pyridine rings is 1. The van der Waals surface area contributed by atoms with Gasteiger partial charge >= 0.3 is 5.97 Å². The van der Waals surface area contributed by atoms with Crippen molar-refractivity contribution < 1.29 is 9.90 Å². The van der Waals surface area contributed by atoms with E-state index < -0.39 is 5.97 Å². The molecule has 0 saturated carbocycles. The van der Waals surface area contributed by atoms with Crippen molar-refractivity contribution in [1.82, 2.24) is 4.98 Å². The Balaban J connectivity index is 2.44. The third-order valence-electron chi connectivity index (χ3n) is 2.30. The number of benzene rings is 1. The predicted molar refractivity (Wildman–Crippen MR) is 66.2 cm³/mol. The maximum Gasteiger partial charge on any atom is 0.336 e. The van der Waals surface area contributed by atoms with Gasteiger partial charge in [-0.05, 0) is 23.8 Å². The summed E-state index contributed by atoms with van der Waals surface area (Å²) in [6.45, 7) is 0. The van der Waals surface area contributed by atoms with Crippen molar-refractivity contribution >= 4 is 17.6 Å². The maximum atomic E-state index is 11.2. The summed E-state index contributed by atoms with van der Waals surface area (Å²) in [5, 5.41) is 9.19. The smallest absolute Gasteiger partial charge is 0.336 e. The number of aromatic nitrogens is 1. The highest BCUT2D eigenvalue weighted by Crippen LogP contribution is 2.17. The number of rotatable bonds is 3. The highest BCUT2D eigenvalue weighted by Gasteiger charge is 2.09. The molecule has 1 heterocycles. The molecule has 0 atom stereocenters. The molecule has 17 heavy (non-hydrogen) atoms. The van der Waals surface area contributed by atoms with Crippen LogP contribution in [0.4, 0.5) is 0 Å². The van der Waals surface area contributed by atoms with Crippen LogP contribution in [-0.4, -0.2) is 16.1 Å². The van der Waals surface area contributed by atoms with Crippen LogP contribution in [0.1, 0.15) is 11.3 Å². The molecule has 0 bridgehead atoms. The lowest BCUT2D eigenvalue weighted by atomic mass is 10.0. The molecule has 0 saturated heterocycles. The minimum Gasteiger partial charge on any atom is -0.478 e. The highest BCUT2D eigenvalue weighted by molar-refractivity contribution is 6.20. The summed E-state index contributed by atoms with van der Waals surface area (Å²) in [5.74, 6) is -0.957. The van der Waals surface area contributed by atoms with E-state index in [4.69, 9.17) is 0 Å². The van der Waals surface area contributed by atoms with Gasteiger partial charge in [0.05, 0.1) is 11.3 Å². The topological polar surface area (TPSA) is 50.2 Å². The molecule has 2 rings (SSSR count). The third-order valence-corrected chi connectivity index (χ3v) is 2.30. The molecule has 2 aromatic rings. The van der Waals surface area contributed by atoms with Crippen LogP contribution in [0, 0.1) is 0 Å². The van der Waals surface area contributed by atoms with Gasteiger partial charge in [-0.1, -0.05) is 36.4 Å². The average Bonchev–Trinajstić information content (AvgIpc) is 2.38. The first kappa shape index (κ1) is 11.1. The zero-order chi connectivity index (χ0) is 12.1. The lowest BCUT2D eigenvalue weighted by Crippen LogP contribution is -1.99. The van der Waals surface area contributed by atoms with Crippen molar-refractivity contribution in [2.45, 2.75) is 0 Å². The van der Waals surface area contributed by atoms with Crippen LogP contribution in [0.25, 0.3) is 11.6 Å². The molecule has 84 valence electrons. The molecule has 3 heteroatoms. The summed E-state index contributed by atoms with van der Waals surface area (Å²) in [5.41, 5.74) is 1.55. The zero-order valence-corrected chi connectivity index (χ0v) is 9.08. The van der Waals surface area contributed by atoms with Gasteiger partial charge in [0.25, 0.3) is 0 Å². The fraction of sp³-hybridized carbons (Fsp3) is 0. The monoisotopic (exact) mass is 225 g/mol. The minimum atomic E-state index is -0.957. The van der Waals surface area contributed by atoms with E-state index in [0.29, 0.717) is 11.3 Å². The van der Waals surface area contributed by atoms with Crippen LogP contribution >= 0.6 is 0 Å². The molecule has 0 aliphatic carbocycles. The van der Waals surface area contributed by atoms with Crippen molar-refractivity contribution in [1.29, 1.82) is 0 Å². The first-order valence-electron chi connectivity index (χ1n) is 5.19. The quantitative estimate of drug-likeness (QED) is 0.817. The molecule has 1 N–H and O–H groups in total. The second-order valence-corrected chi connectivity index (χ2v) is 3.48. The Bertz CT molecular complexity index is 533. The summed E-state index contributed by atoms with van der Waals surface area (Å²) >= 11 is 0. The number of carboxylic acids is 1. The van der Waals surface area contributed by atoms with Crippen molar-refractivity contribution in [3.8, 4) is 0 Å². The Kier molecular flexibility index (Phi) is 3.31. The lowest BCUT2D eigenvalue weighted by Gasteiger charge is -2.02. The lowest BCUT2D eigenvalue weighted by molar-refractivity contribution is -0.130. The molecule has 0 radical (unpaired) electrons. The van der Waals surface area contributed by atoms with Gasteiger partial charge in [0, 0.05) is 6.20 Å². The number of aliphatic carboxylic acids is 1. The van der Waals surface area contributed by atoms with Crippen molar-refractivity contribution in [3.63, 3.8) is 0 Å². The van der Waals surface area contributed by atoms with Gasteiger partial charge in [-0.15, -0.1) is 0 Å². The standard InChI is InChI=1S/C14H11NO2/c16-14(17)13(11-6-2-1-3-7-11)10-12-8-4-5-9-15-12/h1-10H,(H,16,17)/b13-10-. The molecule has 1 aromatic heterocycles. The number of hydrogen-bond donors (Lipinski definition) is 1. The first-order valence-corrected chi connectivity index (χ1v) is 5.19. The first-order chi connectivity index (χ1) is 8.27. The van der Waals surface area contributed by atoms with E-state index in [1.165, 1.54) is 0 Å². The van der Waals surface area contributed by atoms with Crippen LogP contribution in [-0.2, 0) is 4.79 Å². The normalized spacial score (nSPS) is 11.2. The molecule has 0 unspecified atom stereocenters. The molecule has 1 aromatic carbocycles. The molecular formula is C14H11NO2. The second kappa shape index (κ2) is 5.07. The largest absolute Gasteiger partial charge is 0.478 e. The molecule has 0 aliphatic heterocycles. The fourth-order valence-corrected chi connectivity index (χ4v) is 1.50. The predicted octanol–water partition coefficient (Wildman–Crippen LogP) is 2.71. The van der Waals surface area contributed by atoms with E-state index in [-0.39, 0.29) is 5.57 Å². The SMILES string of the molecule is O=C(O)/C(=C\c1ccccn1)c1ccccc1. The summed E-state index contributed by atoms with van der Waals surface area (Å²) in [7, 11) is 0. The highest BCUT2D eigenvalue weighted by atomic mass is 16.4. The van der Waals surface area contributed by atoms with E-state index in [2.05, 4.69) is 4.98 Å². The summed E-state index contributed by atoms with van der Waals surface area (Å²) < 4.78 is 0. The van der Waals surface area contributed by atoms with Crippen molar-refractivity contribution in [2.24, 2.45) is 0 Å². The van der Waals surface area contributed by atoms with Crippen LogP contribution in [0.15, 0.2) is 54.7 Å². The van der Waals surface area contributed by atoms with Gasteiger partial charge in [0.15, 0.2) is 0 Å². The molecular weight excluding hydrogens is 214 g/mol. The maximum absolute atomic E-state index is 11.2. The zero-order valence-electron chi connectivity index (χ0n) is 9.08. The van der Waals surface area contributed by atoms with E-state index in [0.717, 1.165) is 0 Å².